The summed E-state index contributed by atoms with van der Waals surface area (Å²) < 4.78 is 11.9. The average molecular weight is 424 g/mol. The number of nitrogens with zero attached hydrogens (tertiary/aromatic N) is 1. The second-order valence-electron chi connectivity index (χ2n) is 8.09. The first kappa shape index (κ1) is 24.5. The molecule has 4 nitrogen and oxygen atoms in total. The molecule has 0 atom stereocenters. The van der Waals surface area contributed by atoms with Gasteiger partial charge in [-0.25, -0.2) is 0 Å². The summed E-state index contributed by atoms with van der Waals surface area (Å²) in [6.07, 6.45) is 7.09. The highest BCUT2D eigenvalue weighted by Crippen LogP contribution is 2.28. The Morgan fingerprint density at radius 3 is 2.42 bits per heavy atom. The van der Waals surface area contributed by atoms with E-state index in [0.717, 1.165) is 53.2 Å². The summed E-state index contributed by atoms with van der Waals surface area (Å²) >= 11 is 0. The highest BCUT2D eigenvalue weighted by molar-refractivity contribution is 6.01. The van der Waals surface area contributed by atoms with Crippen LogP contribution in [-0.4, -0.2) is 26.0 Å². The van der Waals surface area contributed by atoms with Gasteiger partial charge in [-0.3, -0.25) is 0 Å². The Kier molecular flexibility index (Phi) is 10.2. The van der Waals surface area contributed by atoms with E-state index in [1.54, 1.807) is 7.11 Å². The van der Waals surface area contributed by atoms with Gasteiger partial charge in [-0.05, 0) is 86.4 Å². The summed E-state index contributed by atoms with van der Waals surface area (Å²) in [5.74, 6) is 2.17. The smallest absolute Gasteiger partial charge is 0.125 e. The van der Waals surface area contributed by atoms with Gasteiger partial charge in [0.25, 0.3) is 0 Å². The van der Waals surface area contributed by atoms with Crippen molar-refractivity contribution in [3.63, 3.8) is 0 Å². The minimum Gasteiger partial charge on any atom is -0.493 e. The number of unbranched alkanes of at least 4 members (excludes halogenated alkanes) is 1. The molecule has 0 spiro atoms. The lowest BCUT2D eigenvalue weighted by atomic mass is 9.97. The molecule has 0 aliphatic rings. The minimum absolute atomic E-state index is 0.315. The van der Waals surface area contributed by atoms with Gasteiger partial charge in [0.15, 0.2) is 0 Å². The Bertz CT molecular complexity index is 861. The summed E-state index contributed by atoms with van der Waals surface area (Å²) in [5, 5.41) is 4.21. The lowest BCUT2D eigenvalue weighted by molar-refractivity contribution is 0.212. The molecule has 0 aromatic heterocycles. The van der Waals surface area contributed by atoms with E-state index in [1.807, 2.05) is 31.2 Å². The quantitative estimate of drug-likeness (QED) is 0.166. The Morgan fingerprint density at radius 2 is 1.77 bits per heavy atom. The lowest BCUT2D eigenvalue weighted by Gasteiger charge is -2.14. The highest BCUT2D eigenvalue weighted by atomic mass is 16.6. The number of benzene rings is 2. The van der Waals surface area contributed by atoms with E-state index in [-0.39, 0.29) is 0 Å². The van der Waals surface area contributed by atoms with Gasteiger partial charge < -0.3 is 14.3 Å². The van der Waals surface area contributed by atoms with Crippen molar-refractivity contribution in [2.45, 2.75) is 53.9 Å². The molecule has 31 heavy (non-hydrogen) atoms. The van der Waals surface area contributed by atoms with Crippen molar-refractivity contribution >= 4 is 5.71 Å². The maximum atomic E-state index is 6.11. The normalized spacial score (nSPS) is 11.9. The standard InChI is InChI=1S/C27H37NO3/c1-7-8-15-30-25-17-21(4)27(22(5)18-25)31-16-10-9-12-23-13-11-14-24(19-23)26(20(2)3)28-29-6/h7-8,11,13-14,17-20H,9-10,12,15-16H2,1-6H3/b8-7+,28-26+. The highest BCUT2D eigenvalue weighted by Gasteiger charge is 2.10. The number of oxime groups is 1. The molecule has 2 aromatic rings. The van der Waals surface area contributed by atoms with E-state index in [2.05, 4.69) is 57.1 Å². The number of allylic oxidation sites excluding steroid dienone is 1. The van der Waals surface area contributed by atoms with E-state index >= 15 is 0 Å². The molecule has 0 N–H and O–H groups in total. The Labute approximate surface area is 187 Å². The molecule has 2 aromatic carbocycles. The fourth-order valence-electron chi connectivity index (χ4n) is 3.54. The van der Waals surface area contributed by atoms with E-state index in [1.165, 1.54) is 5.56 Å². The van der Waals surface area contributed by atoms with Crippen LogP contribution in [-0.2, 0) is 11.3 Å². The SMILES string of the molecule is C/C=C/COc1cc(C)c(OCCCCc2cccc(/C(=N/OC)C(C)C)c2)c(C)c1. The third-order valence-corrected chi connectivity index (χ3v) is 5.08. The molecular formula is C27H37NO3. The van der Waals surface area contributed by atoms with Crippen LogP contribution < -0.4 is 9.47 Å². The summed E-state index contributed by atoms with van der Waals surface area (Å²) in [6, 6.07) is 12.7. The Morgan fingerprint density at radius 1 is 1.03 bits per heavy atom. The summed E-state index contributed by atoms with van der Waals surface area (Å²) in [4.78, 5) is 5.03. The minimum atomic E-state index is 0.315. The second-order valence-corrected chi connectivity index (χ2v) is 8.09. The largest absolute Gasteiger partial charge is 0.493 e. The fourth-order valence-corrected chi connectivity index (χ4v) is 3.54. The molecule has 0 amide bonds. The summed E-state index contributed by atoms with van der Waals surface area (Å²) in [6.45, 7) is 11.7. The lowest BCUT2D eigenvalue weighted by Crippen LogP contribution is -2.10. The monoisotopic (exact) mass is 423 g/mol. The number of rotatable bonds is 12. The topological polar surface area (TPSA) is 40.0 Å². The van der Waals surface area contributed by atoms with Crippen molar-refractivity contribution in [2.75, 3.05) is 20.3 Å². The molecule has 0 fully saturated rings. The van der Waals surface area contributed by atoms with Gasteiger partial charge in [0.2, 0.25) is 0 Å². The maximum Gasteiger partial charge on any atom is 0.125 e. The molecule has 2 rings (SSSR count). The van der Waals surface area contributed by atoms with Crippen LogP contribution in [0, 0.1) is 19.8 Å². The second kappa shape index (κ2) is 12.8. The first-order valence-electron chi connectivity index (χ1n) is 11.1. The van der Waals surface area contributed by atoms with Crippen LogP contribution in [0.1, 0.15) is 55.9 Å². The van der Waals surface area contributed by atoms with Gasteiger partial charge in [-0.2, -0.15) is 0 Å². The zero-order valence-corrected chi connectivity index (χ0v) is 19.9. The van der Waals surface area contributed by atoms with Crippen LogP contribution in [0.4, 0.5) is 0 Å². The molecule has 0 aliphatic heterocycles. The fraction of sp³-hybridized carbons (Fsp3) is 0.444. The summed E-state index contributed by atoms with van der Waals surface area (Å²) in [5.41, 5.74) is 5.66. The average Bonchev–Trinajstić information content (AvgIpc) is 2.73. The van der Waals surface area contributed by atoms with E-state index < -0.39 is 0 Å². The van der Waals surface area contributed by atoms with Gasteiger partial charge in [-0.1, -0.05) is 49.4 Å². The van der Waals surface area contributed by atoms with Gasteiger partial charge in [0.1, 0.15) is 25.2 Å². The number of aryl methyl sites for hydroxylation is 3. The number of hydrogen-bond donors (Lipinski definition) is 0. The first-order chi connectivity index (χ1) is 15.0. The van der Waals surface area contributed by atoms with Crippen molar-refractivity contribution in [2.24, 2.45) is 11.1 Å². The van der Waals surface area contributed by atoms with Crippen LogP contribution in [0.2, 0.25) is 0 Å². The van der Waals surface area contributed by atoms with Crippen LogP contribution in [0.5, 0.6) is 11.5 Å². The molecule has 0 bridgehead atoms. The third-order valence-electron chi connectivity index (χ3n) is 5.08. The van der Waals surface area contributed by atoms with Crippen molar-refractivity contribution in [1.29, 1.82) is 0 Å². The molecule has 0 heterocycles. The van der Waals surface area contributed by atoms with E-state index in [4.69, 9.17) is 14.3 Å². The third kappa shape index (κ3) is 7.78. The molecule has 4 heteroatoms. The molecular weight excluding hydrogens is 386 g/mol. The predicted molar refractivity (Wildman–Crippen MR) is 129 cm³/mol. The Balaban J connectivity index is 1.86. The number of hydrogen-bond acceptors (Lipinski definition) is 4. The van der Waals surface area contributed by atoms with Crippen molar-refractivity contribution < 1.29 is 14.3 Å². The predicted octanol–water partition coefficient (Wildman–Crippen LogP) is 6.67. The molecule has 0 radical (unpaired) electrons. The zero-order chi connectivity index (χ0) is 22.6. The Hall–Kier alpha value is -2.75. The molecule has 0 unspecified atom stereocenters. The molecule has 0 aliphatic carbocycles. The molecule has 168 valence electrons. The maximum absolute atomic E-state index is 6.11. The molecule has 0 saturated heterocycles. The van der Waals surface area contributed by atoms with Gasteiger partial charge in [0.05, 0.1) is 12.3 Å². The van der Waals surface area contributed by atoms with Crippen LogP contribution in [0.15, 0.2) is 53.7 Å². The van der Waals surface area contributed by atoms with Crippen molar-refractivity contribution in [1.82, 2.24) is 0 Å². The summed E-state index contributed by atoms with van der Waals surface area (Å²) in [7, 11) is 1.60. The van der Waals surface area contributed by atoms with Crippen molar-refractivity contribution in [3.8, 4) is 11.5 Å². The van der Waals surface area contributed by atoms with Crippen LogP contribution >= 0.6 is 0 Å². The van der Waals surface area contributed by atoms with E-state index in [9.17, 15) is 0 Å². The first-order valence-corrected chi connectivity index (χ1v) is 11.1. The van der Waals surface area contributed by atoms with Gasteiger partial charge in [0, 0.05) is 0 Å². The van der Waals surface area contributed by atoms with Gasteiger partial charge >= 0.3 is 0 Å². The molecule has 0 saturated carbocycles. The van der Waals surface area contributed by atoms with Crippen molar-refractivity contribution in [3.05, 3.63) is 70.8 Å². The van der Waals surface area contributed by atoms with Crippen LogP contribution in [0.3, 0.4) is 0 Å². The number of ether oxygens (including phenoxy) is 2. The van der Waals surface area contributed by atoms with Gasteiger partial charge in [-0.15, -0.1) is 0 Å². The van der Waals surface area contributed by atoms with E-state index in [0.29, 0.717) is 19.1 Å². The zero-order valence-electron chi connectivity index (χ0n) is 19.9. The van der Waals surface area contributed by atoms with Crippen LogP contribution in [0.25, 0.3) is 0 Å².